The molecular formula is C17H14BrNO4. The zero-order valence-electron chi connectivity index (χ0n) is 12.5. The normalized spacial score (nSPS) is 15.0. The number of halogens is 1. The summed E-state index contributed by atoms with van der Waals surface area (Å²) in [6.45, 7) is 3.21. The lowest BCUT2D eigenvalue weighted by Crippen LogP contribution is -2.37. The molecule has 0 aromatic heterocycles. The van der Waals surface area contributed by atoms with E-state index in [2.05, 4.69) is 20.8 Å². The van der Waals surface area contributed by atoms with Gasteiger partial charge in [0.05, 0.1) is 0 Å². The number of carbonyl (C=O) groups excluding carboxylic acids is 2. The summed E-state index contributed by atoms with van der Waals surface area (Å²) in [5.74, 6) is -0.813. The van der Waals surface area contributed by atoms with Gasteiger partial charge in [-0.1, -0.05) is 28.1 Å². The summed E-state index contributed by atoms with van der Waals surface area (Å²) in [5, 5.41) is 10.3. The Hall–Kier alpha value is -2.02. The average Bonchev–Trinajstić information content (AvgIpc) is 2.53. The summed E-state index contributed by atoms with van der Waals surface area (Å²) in [6, 6.07) is 8.82. The van der Waals surface area contributed by atoms with Crippen molar-refractivity contribution in [3.8, 4) is 0 Å². The fourth-order valence-corrected chi connectivity index (χ4v) is 2.96. The van der Waals surface area contributed by atoms with E-state index in [4.69, 9.17) is 5.26 Å². The van der Waals surface area contributed by atoms with E-state index < -0.39 is 17.4 Å². The molecule has 0 fully saturated rings. The molecule has 1 heterocycles. The average molecular weight is 376 g/mol. The van der Waals surface area contributed by atoms with Crippen molar-refractivity contribution in [1.29, 1.82) is 0 Å². The van der Waals surface area contributed by atoms with Crippen molar-refractivity contribution in [2.75, 3.05) is 0 Å². The Kier molecular flexibility index (Phi) is 3.83. The Bertz CT molecular complexity index is 835. The van der Waals surface area contributed by atoms with Gasteiger partial charge in [-0.05, 0) is 43.5 Å². The van der Waals surface area contributed by atoms with Gasteiger partial charge >= 0.3 is 0 Å². The van der Waals surface area contributed by atoms with Crippen LogP contribution >= 0.6 is 15.9 Å². The molecule has 0 atom stereocenters. The number of hydrogen-bond acceptors (Lipinski definition) is 4. The van der Waals surface area contributed by atoms with E-state index in [1.807, 2.05) is 6.07 Å². The monoisotopic (exact) mass is 375 g/mol. The standard InChI is InChI=1S/C17H14BrNO4/c1-17(2,23-22)8-9-19-15(20)11-5-3-4-10-13(18)7-6-12(14(10)11)16(19)21/h3-9,22H,1-2H3/b9-8+. The van der Waals surface area contributed by atoms with Crippen LogP contribution in [-0.4, -0.2) is 27.6 Å². The quantitative estimate of drug-likeness (QED) is 0.500. The van der Waals surface area contributed by atoms with Crippen LogP contribution in [0.15, 0.2) is 47.1 Å². The Labute approximate surface area is 141 Å². The van der Waals surface area contributed by atoms with Crippen molar-refractivity contribution in [2.24, 2.45) is 0 Å². The van der Waals surface area contributed by atoms with Crippen LogP contribution in [0.2, 0.25) is 0 Å². The molecule has 0 bridgehead atoms. The zero-order valence-corrected chi connectivity index (χ0v) is 14.1. The van der Waals surface area contributed by atoms with Gasteiger partial charge in [0.15, 0.2) is 0 Å². The third-order valence-corrected chi connectivity index (χ3v) is 4.44. The van der Waals surface area contributed by atoms with Crippen LogP contribution in [0, 0.1) is 0 Å². The smallest absolute Gasteiger partial charge is 0.265 e. The highest BCUT2D eigenvalue weighted by atomic mass is 79.9. The van der Waals surface area contributed by atoms with Crippen molar-refractivity contribution in [3.63, 3.8) is 0 Å². The van der Waals surface area contributed by atoms with E-state index in [1.165, 1.54) is 12.3 Å². The number of imide groups is 1. The summed E-state index contributed by atoms with van der Waals surface area (Å²) in [6.07, 6.45) is 2.79. The predicted octanol–water partition coefficient (Wildman–Crippen LogP) is 3.98. The van der Waals surface area contributed by atoms with Crippen molar-refractivity contribution in [3.05, 3.63) is 58.2 Å². The van der Waals surface area contributed by atoms with Gasteiger partial charge in [-0.25, -0.2) is 9.79 Å². The van der Waals surface area contributed by atoms with E-state index >= 15 is 0 Å². The summed E-state index contributed by atoms with van der Waals surface area (Å²) in [7, 11) is 0. The van der Waals surface area contributed by atoms with Gasteiger partial charge in [-0.3, -0.25) is 14.8 Å². The van der Waals surface area contributed by atoms with Crippen molar-refractivity contribution >= 4 is 38.5 Å². The number of carbonyl (C=O) groups is 2. The molecule has 0 radical (unpaired) electrons. The van der Waals surface area contributed by atoms with Gasteiger partial charge in [-0.2, -0.15) is 0 Å². The van der Waals surface area contributed by atoms with Crippen LogP contribution in [0.4, 0.5) is 0 Å². The molecule has 0 aliphatic carbocycles. The third-order valence-electron chi connectivity index (χ3n) is 3.75. The highest BCUT2D eigenvalue weighted by molar-refractivity contribution is 9.10. The fourth-order valence-electron chi connectivity index (χ4n) is 2.50. The molecule has 0 unspecified atom stereocenters. The largest absolute Gasteiger partial charge is 0.268 e. The minimum atomic E-state index is -1.01. The van der Waals surface area contributed by atoms with E-state index in [0.717, 1.165) is 14.8 Å². The molecule has 1 aliphatic rings. The molecule has 1 N–H and O–H groups in total. The first-order valence-corrected chi connectivity index (χ1v) is 7.76. The van der Waals surface area contributed by atoms with Crippen LogP contribution in [0.5, 0.6) is 0 Å². The second kappa shape index (κ2) is 5.56. The molecule has 2 amide bonds. The lowest BCUT2D eigenvalue weighted by atomic mass is 9.94. The zero-order chi connectivity index (χ0) is 16.8. The van der Waals surface area contributed by atoms with E-state index in [0.29, 0.717) is 16.5 Å². The number of hydrogen-bond donors (Lipinski definition) is 1. The maximum atomic E-state index is 12.7. The predicted molar refractivity (Wildman–Crippen MR) is 89.1 cm³/mol. The van der Waals surface area contributed by atoms with E-state index in [1.54, 1.807) is 38.1 Å². The van der Waals surface area contributed by atoms with Crippen molar-refractivity contribution in [1.82, 2.24) is 4.90 Å². The van der Waals surface area contributed by atoms with Gasteiger partial charge in [0, 0.05) is 27.2 Å². The van der Waals surface area contributed by atoms with Gasteiger partial charge in [0.25, 0.3) is 11.8 Å². The number of benzene rings is 2. The number of nitrogens with zero attached hydrogens (tertiary/aromatic N) is 1. The number of amides is 2. The fraction of sp³-hybridized carbons (Fsp3) is 0.176. The van der Waals surface area contributed by atoms with Crippen molar-refractivity contribution < 1.29 is 19.7 Å². The van der Waals surface area contributed by atoms with Crippen LogP contribution in [-0.2, 0) is 4.89 Å². The summed E-state index contributed by atoms with van der Waals surface area (Å²) < 4.78 is 0.831. The third kappa shape index (κ3) is 2.59. The summed E-state index contributed by atoms with van der Waals surface area (Å²) in [4.78, 5) is 30.7. The maximum absolute atomic E-state index is 12.7. The van der Waals surface area contributed by atoms with Gasteiger partial charge in [-0.15, -0.1) is 0 Å². The van der Waals surface area contributed by atoms with Gasteiger partial charge < -0.3 is 0 Å². The Morgan fingerprint density at radius 1 is 1.13 bits per heavy atom. The highest BCUT2D eigenvalue weighted by Crippen LogP contribution is 2.34. The second-order valence-corrected chi connectivity index (χ2v) is 6.67. The maximum Gasteiger partial charge on any atom is 0.265 e. The second-order valence-electron chi connectivity index (χ2n) is 5.81. The molecule has 1 aliphatic heterocycles. The topological polar surface area (TPSA) is 66.8 Å². The Balaban J connectivity index is 2.16. The first kappa shape index (κ1) is 15.9. The molecule has 23 heavy (non-hydrogen) atoms. The van der Waals surface area contributed by atoms with Crippen LogP contribution < -0.4 is 0 Å². The van der Waals surface area contributed by atoms with Gasteiger partial charge in [0.2, 0.25) is 0 Å². The molecule has 0 saturated carbocycles. The molecule has 0 spiro atoms. The molecule has 2 aromatic carbocycles. The first-order chi connectivity index (χ1) is 10.9. The summed E-state index contributed by atoms with van der Waals surface area (Å²) >= 11 is 3.45. The molecule has 6 heteroatoms. The molecule has 2 aromatic rings. The lowest BCUT2D eigenvalue weighted by molar-refractivity contribution is -0.297. The van der Waals surface area contributed by atoms with Crippen LogP contribution in [0.3, 0.4) is 0 Å². The van der Waals surface area contributed by atoms with Crippen LogP contribution in [0.1, 0.15) is 34.6 Å². The SMILES string of the molecule is CC(C)(/C=C/N1C(=O)c2cccc3c(Br)ccc(c23)C1=O)OO. The molecule has 118 valence electrons. The van der Waals surface area contributed by atoms with Gasteiger partial charge in [0.1, 0.15) is 5.60 Å². The molecule has 0 saturated heterocycles. The Morgan fingerprint density at radius 2 is 1.78 bits per heavy atom. The van der Waals surface area contributed by atoms with E-state index in [9.17, 15) is 9.59 Å². The lowest BCUT2D eigenvalue weighted by Gasteiger charge is -2.25. The Morgan fingerprint density at radius 3 is 2.43 bits per heavy atom. The van der Waals surface area contributed by atoms with E-state index in [-0.39, 0.29) is 0 Å². The van der Waals surface area contributed by atoms with Crippen molar-refractivity contribution in [2.45, 2.75) is 19.4 Å². The van der Waals surface area contributed by atoms with Crippen LogP contribution in [0.25, 0.3) is 10.8 Å². The minimum Gasteiger partial charge on any atom is -0.268 e. The highest BCUT2D eigenvalue weighted by Gasteiger charge is 2.32. The summed E-state index contributed by atoms with van der Waals surface area (Å²) in [5.41, 5.74) is -0.0800. The number of rotatable bonds is 3. The molecule has 3 rings (SSSR count). The minimum absolute atomic E-state index is 0.406. The molecular weight excluding hydrogens is 362 g/mol. The molecule has 5 nitrogen and oxygen atoms in total. The first-order valence-electron chi connectivity index (χ1n) is 6.97.